The van der Waals surface area contributed by atoms with Gasteiger partial charge in [0.25, 0.3) is 5.91 Å². The summed E-state index contributed by atoms with van der Waals surface area (Å²) >= 11 is 4.33. The Hall–Kier alpha value is -0.530. The molecule has 1 heterocycles. The van der Waals surface area contributed by atoms with Crippen LogP contribution in [0.4, 0.5) is 4.39 Å². The molecule has 1 aromatic rings. The molecule has 1 rings (SSSR count). The van der Waals surface area contributed by atoms with E-state index in [4.69, 9.17) is 5.11 Å². The van der Waals surface area contributed by atoms with Crippen LogP contribution in [0.2, 0.25) is 0 Å². The third kappa shape index (κ3) is 3.23. The number of carbonyl (C=O) groups excluding carboxylic acids is 1. The summed E-state index contributed by atoms with van der Waals surface area (Å²) in [5.74, 6) is -0.418. The second-order valence-electron chi connectivity index (χ2n) is 3.62. The van der Waals surface area contributed by atoms with Gasteiger partial charge in [0.2, 0.25) is 0 Å². The minimum atomic E-state index is -0.950. The molecular formula is C9H12BrFN2O2S. The van der Waals surface area contributed by atoms with E-state index in [2.05, 4.69) is 25.6 Å². The SMILES string of the molecule is CC(CO)(CCF)NC(=O)c1nscc1Br. The molecule has 0 bridgehead atoms. The number of aromatic nitrogens is 1. The maximum absolute atomic E-state index is 12.3. The molecule has 7 heteroatoms. The topological polar surface area (TPSA) is 62.2 Å². The number of carbonyl (C=O) groups is 1. The lowest BCUT2D eigenvalue weighted by Crippen LogP contribution is -2.49. The highest BCUT2D eigenvalue weighted by Gasteiger charge is 2.27. The van der Waals surface area contributed by atoms with E-state index < -0.39 is 18.1 Å². The Balaban J connectivity index is 2.73. The molecule has 1 amide bonds. The lowest BCUT2D eigenvalue weighted by molar-refractivity contribution is 0.0828. The smallest absolute Gasteiger partial charge is 0.272 e. The van der Waals surface area contributed by atoms with Gasteiger partial charge in [-0.15, -0.1) is 0 Å². The summed E-state index contributed by atoms with van der Waals surface area (Å²) in [6, 6.07) is 0. The van der Waals surface area contributed by atoms with Crippen LogP contribution in [-0.4, -0.2) is 34.2 Å². The Morgan fingerprint density at radius 1 is 1.81 bits per heavy atom. The van der Waals surface area contributed by atoms with Crippen LogP contribution in [0, 0.1) is 0 Å². The third-order valence-electron chi connectivity index (χ3n) is 2.15. The first-order chi connectivity index (χ1) is 7.52. The van der Waals surface area contributed by atoms with E-state index in [1.54, 1.807) is 12.3 Å². The average Bonchev–Trinajstić information content (AvgIpc) is 2.65. The second-order valence-corrected chi connectivity index (χ2v) is 5.11. The van der Waals surface area contributed by atoms with Crippen LogP contribution < -0.4 is 5.32 Å². The Kier molecular flexibility index (Phi) is 4.82. The average molecular weight is 311 g/mol. The van der Waals surface area contributed by atoms with Crippen molar-refractivity contribution in [3.63, 3.8) is 0 Å². The van der Waals surface area contributed by atoms with E-state index in [1.165, 1.54) is 0 Å². The first-order valence-electron chi connectivity index (χ1n) is 4.61. The molecule has 0 aromatic carbocycles. The molecule has 0 saturated carbocycles. The van der Waals surface area contributed by atoms with Crippen molar-refractivity contribution in [2.24, 2.45) is 0 Å². The van der Waals surface area contributed by atoms with E-state index in [1.807, 2.05) is 0 Å². The Labute approximate surface area is 105 Å². The standard InChI is InChI=1S/C9H12BrFN2O2S/c1-9(5-14,2-3-11)12-8(15)7-6(10)4-16-13-7/h4,14H,2-3,5H2,1H3,(H,12,15). The van der Waals surface area contributed by atoms with E-state index in [0.29, 0.717) is 4.47 Å². The number of aliphatic hydroxyl groups excluding tert-OH is 1. The summed E-state index contributed by atoms with van der Waals surface area (Å²) in [5, 5.41) is 13.4. The molecule has 90 valence electrons. The molecule has 0 spiro atoms. The first-order valence-corrected chi connectivity index (χ1v) is 6.24. The summed E-state index contributed by atoms with van der Waals surface area (Å²) in [4.78, 5) is 11.7. The van der Waals surface area contributed by atoms with Crippen LogP contribution >= 0.6 is 27.5 Å². The fourth-order valence-electron chi connectivity index (χ4n) is 1.10. The number of nitrogens with zero attached hydrogens (tertiary/aromatic N) is 1. The first kappa shape index (κ1) is 13.5. The van der Waals surface area contributed by atoms with Crippen LogP contribution in [0.25, 0.3) is 0 Å². The van der Waals surface area contributed by atoms with Gasteiger partial charge in [0.05, 0.1) is 23.3 Å². The fourth-order valence-corrected chi connectivity index (χ4v) is 2.28. The molecule has 0 radical (unpaired) electrons. The quantitative estimate of drug-likeness (QED) is 0.871. The van der Waals surface area contributed by atoms with Crippen LogP contribution in [0.15, 0.2) is 9.85 Å². The predicted molar refractivity (Wildman–Crippen MR) is 63.4 cm³/mol. The molecule has 0 saturated heterocycles. The highest BCUT2D eigenvalue weighted by Crippen LogP contribution is 2.19. The molecule has 1 aromatic heterocycles. The number of hydrogen-bond donors (Lipinski definition) is 2. The summed E-state index contributed by atoms with van der Waals surface area (Å²) in [6.07, 6.45) is 0.0665. The summed E-state index contributed by atoms with van der Waals surface area (Å²) in [5.41, 5.74) is -0.696. The molecule has 1 atom stereocenters. The van der Waals surface area contributed by atoms with E-state index in [-0.39, 0.29) is 18.7 Å². The van der Waals surface area contributed by atoms with Gasteiger partial charge in [-0.2, -0.15) is 4.37 Å². The van der Waals surface area contributed by atoms with Crippen molar-refractivity contribution in [3.05, 3.63) is 15.5 Å². The molecule has 2 N–H and O–H groups in total. The molecular weight excluding hydrogens is 299 g/mol. The van der Waals surface area contributed by atoms with Crippen LogP contribution in [0.5, 0.6) is 0 Å². The van der Waals surface area contributed by atoms with Crippen molar-refractivity contribution in [3.8, 4) is 0 Å². The fraction of sp³-hybridized carbons (Fsp3) is 0.556. The summed E-state index contributed by atoms with van der Waals surface area (Å²) < 4.78 is 16.8. The van der Waals surface area contributed by atoms with Crippen molar-refractivity contribution in [1.82, 2.24) is 9.69 Å². The number of nitrogens with one attached hydrogen (secondary N) is 1. The number of halogens is 2. The lowest BCUT2D eigenvalue weighted by Gasteiger charge is -2.27. The molecule has 0 aliphatic heterocycles. The minimum absolute atomic E-state index is 0.0665. The molecule has 16 heavy (non-hydrogen) atoms. The Bertz CT molecular complexity index is 374. The molecule has 1 unspecified atom stereocenters. The summed E-state index contributed by atoms with van der Waals surface area (Å²) in [7, 11) is 0. The van der Waals surface area contributed by atoms with Crippen LogP contribution in [0.3, 0.4) is 0 Å². The monoisotopic (exact) mass is 310 g/mol. The number of aliphatic hydroxyl groups is 1. The predicted octanol–water partition coefficient (Wildman–Crippen LogP) is 1.75. The number of alkyl halides is 1. The number of amides is 1. The zero-order valence-corrected chi connectivity index (χ0v) is 11.1. The zero-order valence-electron chi connectivity index (χ0n) is 8.67. The van der Waals surface area contributed by atoms with E-state index in [0.717, 1.165) is 11.5 Å². The highest BCUT2D eigenvalue weighted by atomic mass is 79.9. The van der Waals surface area contributed by atoms with Gasteiger partial charge in [-0.3, -0.25) is 9.18 Å². The van der Waals surface area contributed by atoms with E-state index in [9.17, 15) is 9.18 Å². The number of rotatable bonds is 5. The second kappa shape index (κ2) is 5.70. The van der Waals surface area contributed by atoms with Gasteiger partial charge in [0, 0.05) is 11.8 Å². The van der Waals surface area contributed by atoms with Crippen LogP contribution in [0.1, 0.15) is 23.8 Å². The van der Waals surface area contributed by atoms with Gasteiger partial charge in [0.15, 0.2) is 5.69 Å². The highest BCUT2D eigenvalue weighted by molar-refractivity contribution is 9.10. The normalized spacial score (nSPS) is 14.5. The molecule has 4 nitrogen and oxygen atoms in total. The van der Waals surface area contributed by atoms with Gasteiger partial charge >= 0.3 is 0 Å². The van der Waals surface area contributed by atoms with Gasteiger partial charge in [-0.25, -0.2) is 0 Å². The third-order valence-corrected chi connectivity index (χ3v) is 3.69. The van der Waals surface area contributed by atoms with Crippen molar-refractivity contribution in [2.75, 3.05) is 13.3 Å². The molecule has 0 aliphatic rings. The minimum Gasteiger partial charge on any atom is -0.394 e. The maximum atomic E-state index is 12.3. The van der Waals surface area contributed by atoms with Crippen molar-refractivity contribution in [1.29, 1.82) is 0 Å². The lowest BCUT2D eigenvalue weighted by atomic mass is 9.99. The Morgan fingerprint density at radius 3 is 2.94 bits per heavy atom. The van der Waals surface area contributed by atoms with Gasteiger partial charge < -0.3 is 10.4 Å². The summed E-state index contributed by atoms with van der Waals surface area (Å²) in [6.45, 7) is 0.671. The Morgan fingerprint density at radius 2 is 2.50 bits per heavy atom. The maximum Gasteiger partial charge on any atom is 0.272 e. The van der Waals surface area contributed by atoms with Crippen molar-refractivity contribution in [2.45, 2.75) is 18.9 Å². The van der Waals surface area contributed by atoms with Crippen molar-refractivity contribution < 1.29 is 14.3 Å². The largest absolute Gasteiger partial charge is 0.394 e. The van der Waals surface area contributed by atoms with Crippen molar-refractivity contribution >= 4 is 33.4 Å². The number of hydrogen-bond acceptors (Lipinski definition) is 4. The van der Waals surface area contributed by atoms with Gasteiger partial charge in [-0.1, -0.05) is 0 Å². The molecule has 0 aliphatic carbocycles. The van der Waals surface area contributed by atoms with Gasteiger partial charge in [-0.05, 0) is 34.4 Å². The van der Waals surface area contributed by atoms with Crippen LogP contribution in [-0.2, 0) is 0 Å². The van der Waals surface area contributed by atoms with Gasteiger partial charge in [0.1, 0.15) is 0 Å². The molecule has 0 fully saturated rings. The van der Waals surface area contributed by atoms with E-state index >= 15 is 0 Å². The zero-order chi connectivity index (χ0) is 12.2.